The fourth-order valence-electron chi connectivity index (χ4n) is 2.00. The summed E-state index contributed by atoms with van der Waals surface area (Å²) in [5, 5.41) is 0. The first-order valence-electron chi connectivity index (χ1n) is 5.34. The number of rotatable bonds is 3. The Labute approximate surface area is 113 Å². The van der Waals surface area contributed by atoms with E-state index in [0.717, 1.165) is 0 Å². The lowest BCUT2D eigenvalue weighted by Crippen LogP contribution is -2.26. The summed E-state index contributed by atoms with van der Waals surface area (Å²) in [5.74, 6) is -1.12. The molecule has 0 aromatic carbocycles. The summed E-state index contributed by atoms with van der Waals surface area (Å²) in [5.41, 5.74) is 5.55. The molecule has 1 atom stereocenters. The number of carbonyl (C=O) groups excluding carboxylic acids is 1. The van der Waals surface area contributed by atoms with Crippen LogP contribution in [0.15, 0.2) is 6.07 Å². The van der Waals surface area contributed by atoms with E-state index >= 15 is 0 Å². The molecule has 1 amide bonds. The maximum absolute atomic E-state index is 12.6. The molecule has 0 radical (unpaired) electrons. The van der Waals surface area contributed by atoms with E-state index < -0.39 is 21.9 Å². The molecule has 0 aliphatic carbocycles. The second-order valence-electron chi connectivity index (χ2n) is 4.28. The average molecular weight is 306 g/mol. The van der Waals surface area contributed by atoms with E-state index in [1.54, 1.807) is 0 Å². The summed E-state index contributed by atoms with van der Waals surface area (Å²) in [6, 6.07) is 1.42. The van der Waals surface area contributed by atoms with Crippen LogP contribution in [0.3, 0.4) is 0 Å². The number of halogens is 1. The summed E-state index contributed by atoms with van der Waals surface area (Å²) < 4.78 is 33.9. The number of H-pyrrole nitrogens is 1. The maximum atomic E-state index is 12.6. The lowest BCUT2D eigenvalue weighted by atomic mass is 10.1. The zero-order valence-corrected chi connectivity index (χ0v) is 11.3. The Morgan fingerprint density at radius 3 is 2.89 bits per heavy atom. The monoisotopic (exact) mass is 306 g/mol. The van der Waals surface area contributed by atoms with Crippen molar-refractivity contribution in [2.45, 2.75) is 6.42 Å². The average Bonchev–Trinajstić information content (AvgIpc) is 2.54. The number of nitrogens with zero attached hydrogens (tertiary/aromatic N) is 2. The van der Waals surface area contributed by atoms with E-state index in [-0.39, 0.29) is 35.3 Å². The van der Waals surface area contributed by atoms with Crippen LogP contribution in [0.1, 0.15) is 6.42 Å². The summed E-state index contributed by atoms with van der Waals surface area (Å²) in [7, 11) is -4.60. The highest BCUT2D eigenvalue weighted by atomic mass is 32.3. The molecule has 1 unspecified atom stereocenters. The number of nitrogens with one attached hydrogen (secondary N) is 1. The van der Waals surface area contributed by atoms with Crippen LogP contribution in [0, 0.1) is 10.7 Å². The maximum Gasteiger partial charge on any atom is 0.302 e. The first-order chi connectivity index (χ1) is 8.74. The molecule has 1 saturated heterocycles. The number of nitrogen functional groups attached to an aromatic ring is 1. The van der Waals surface area contributed by atoms with E-state index in [1.165, 1.54) is 11.0 Å². The normalized spacial score (nSPS) is 19.9. The number of anilines is 2. The van der Waals surface area contributed by atoms with E-state index in [1.807, 2.05) is 0 Å². The standard InChI is InChI=1S/C9H11FN4O3S2/c10-19(16,17)4-5-1-8(15)14(3-5)7-2-6(11)12-9(18)13-7/h2,5H,1,3-4H2,(H3,11,12,13,18). The summed E-state index contributed by atoms with van der Waals surface area (Å²) in [4.78, 5) is 19.6. The van der Waals surface area contributed by atoms with E-state index in [9.17, 15) is 17.1 Å². The zero-order valence-electron chi connectivity index (χ0n) is 9.67. The van der Waals surface area contributed by atoms with Crippen LogP contribution in [0.5, 0.6) is 0 Å². The molecule has 1 fully saturated rings. The quantitative estimate of drug-likeness (QED) is 0.617. The molecule has 0 bridgehead atoms. The molecule has 1 aromatic heterocycles. The van der Waals surface area contributed by atoms with Crippen LogP contribution >= 0.6 is 12.2 Å². The van der Waals surface area contributed by atoms with Crippen molar-refractivity contribution in [1.29, 1.82) is 0 Å². The van der Waals surface area contributed by atoms with E-state index in [4.69, 9.17) is 18.0 Å². The second kappa shape index (κ2) is 4.85. The highest BCUT2D eigenvalue weighted by molar-refractivity contribution is 7.86. The van der Waals surface area contributed by atoms with Crippen molar-refractivity contribution in [3.05, 3.63) is 10.8 Å². The fraction of sp³-hybridized carbons (Fsp3) is 0.444. The first kappa shape index (κ1) is 13.9. The molecule has 2 rings (SSSR count). The van der Waals surface area contributed by atoms with Gasteiger partial charge in [-0.1, -0.05) is 0 Å². The molecule has 104 valence electrons. The van der Waals surface area contributed by atoms with Gasteiger partial charge < -0.3 is 10.7 Å². The van der Waals surface area contributed by atoms with Crippen LogP contribution in [0.2, 0.25) is 0 Å². The van der Waals surface area contributed by atoms with Crippen molar-refractivity contribution < 1.29 is 17.1 Å². The van der Waals surface area contributed by atoms with Crippen LogP contribution < -0.4 is 10.6 Å². The molecule has 0 saturated carbocycles. The molecule has 1 aliphatic heterocycles. The number of nitrogens with two attached hydrogens (primary N) is 1. The van der Waals surface area contributed by atoms with Crippen molar-refractivity contribution in [3.63, 3.8) is 0 Å². The fourth-order valence-corrected chi connectivity index (χ4v) is 3.00. The lowest BCUT2D eigenvalue weighted by molar-refractivity contribution is -0.117. The van der Waals surface area contributed by atoms with Crippen LogP contribution in [-0.4, -0.2) is 36.6 Å². The Morgan fingerprint density at radius 1 is 1.63 bits per heavy atom. The van der Waals surface area contributed by atoms with E-state index in [0.29, 0.717) is 0 Å². The predicted octanol–water partition coefficient (Wildman–Crippen LogP) is 0.374. The Balaban J connectivity index is 2.22. The molecule has 3 N–H and O–H groups in total. The second-order valence-corrected chi connectivity index (χ2v) is 6.08. The smallest absolute Gasteiger partial charge is 0.302 e. The molecule has 0 spiro atoms. The van der Waals surface area contributed by atoms with Gasteiger partial charge in [-0.25, -0.2) is 4.98 Å². The molecule has 10 heteroatoms. The van der Waals surface area contributed by atoms with Gasteiger partial charge in [0.25, 0.3) is 0 Å². The van der Waals surface area contributed by atoms with Gasteiger partial charge >= 0.3 is 10.2 Å². The number of hydrogen-bond donors (Lipinski definition) is 2. The van der Waals surface area contributed by atoms with Crippen molar-refractivity contribution in [3.8, 4) is 0 Å². The van der Waals surface area contributed by atoms with Crippen molar-refractivity contribution in [2.24, 2.45) is 5.92 Å². The van der Waals surface area contributed by atoms with Crippen LogP contribution in [0.25, 0.3) is 0 Å². The minimum atomic E-state index is -4.60. The topological polar surface area (TPSA) is 109 Å². The van der Waals surface area contributed by atoms with Gasteiger partial charge in [0.15, 0.2) is 4.77 Å². The largest absolute Gasteiger partial charge is 0.385 e. The Kier molecular flexibility index (Phi) is 3.54. The molecule has 2 heterocycles. The van der Waals surface area contributed by atoms with Gasteiger partial charge in [-0.2, -0.15) is 8.42 Å². The molecule has 1 aromatic rings. The van der Waals surface area contributed by atoms with Gasteiger partial charge in [0.2, 0.25) is 5.91 Å². The van der Waals surface area contributed by atoms with Gasteiger partial charge in [-0.3, -0.25) is 9.69 Å². The Bertz CT molecular complexity index is 672. The summed E-state index contributed by atoms with van der Waals surface area (Å²) >= 11 is 4.84. The highest BCUT2D eigenvalue weighted by Crippen LogP contribution is 2.25. The van der Waals surface area contributed by atoms with Gasteiger partial charge in [-0.05, 0) is 12.2 Å². The SMILES string of the molecule is Nc1cc(N2CC(CS(=O)(=O)F)CC2=O)nc(=S)[nH]1. The third-order valence-electron chi connectivity index (χ3n) is 2.67. The number of aromatic nitrogens is 2. The van der Waals surface area contributed by atoms with Gasteiger partial charge in [0, 0.05) is 24.9 Å². The molecule has 1 aliphatic rings. The molecule has 7 nitrogen and oxygen atoms in total. The van der Waals surface area contributed by atoms with Gasteiger partial charge in [-0.15, -0.1) is 3.89 Å². The summed E-state index contributed by atoms with van der Waals surface area (Å²) in [6.07, 6.45) is -0.0455. The lowest BCUT2D eigenvalue weighted by Gasteiger charge is -2.15. The van der Waals surface area contributed by atoms with Gasteiger partial charge in [0.05, 0.1) is 5.75 Å². The number of hydrogen-bond acceptors (Lipinski definition) is 6. The third kappa shape index (κ3) is 3.47. The Morgan fingerprint density at radius 2 is 2.32 bits per heavy atom. The number of aromatic amines is 1. The Hall–Kier alpha value is -1.55. The third-order valence-corrected chi connectivity index (χ3v) is 3.73. The minimum Gasteiger partial charge on any atom is -0.385 e. The van der Waals surface area contributed by atoms with Crippen molar-refractivity contribution in [2.75, 3.05) is 22.9 Å². The highest BCUT2D eigenvalue weighted by Gasteiger charge is 2.34. The predicted molar refractivity (Wildman–Crippen MR) is 69.2 cm³/mol. The zero-order chi connectivity index (χ0) is 14.2. The minimum absolute atomic E-state index is 0.0455. The van der Waals surface area contributed by atoms with Gasteiger partial charge in [0.1, 0.15) is 11.6 Å². The number of amides is 1. The summed E-state index contributed by atoms with van der Waals surface area (Å²) in [6.45, 7) is 0.0766. The molecular weight excluding hydrogens is 295 g/mol. The van der Waals surface area contributed by atoms with Crippen LogP contribution in [-0.2, 0) is 15.0 Å². The number of carbonyl (C=O) groups is 1. The van der Waals surface area contributed by atoms with Crippen molar-refractivity contribution in [1.82, 2.24) is 9.97 Å². The van der Waals surface area contributed by atoms with Crippen molar-refractivity contribution >= 4 is 40.0 Å². The first-order valence-corrected chi connectivity index (χ1v) is 7.30. The molecular formula is C9H11FN4O3S2. The van der Waals surface area contributed by atoms with Crippen LogP contribution in [0.4, 0.5) is 15.5 Å². The molecule has 19 heavy (non-hydrogen) atoms. The van der Waals surface area contributed by atoms with E-state index in [2.05, 4.69) is 9.97 Å².